The minimum atomic E-state index is 0.00838. The van der Waals surface area contributed by atoms with Crippen LogP contribution in [0.4, 0.5) is 0 Å². The highest BCUT2D eigenvalue weighted by atomic mass is 16.1. The Kier molecular flexibility index (Phi) is 2.95. The zero-order valence-electron chi connectivity index (χ0n) is 9.66. The van der Waals surface area contributed by atoms with Crippen LogP contribution in [0, 0.1) is 6.92 Å². The van der Waals surface area contributed by atoms with E-state index in [-0.39, 0.29) is 5.56 Å². The van der Waals surface area contributed by atoms with E-state index in [0.29, 0.717) is 0 Å². The van der Waals surface area contributed by atoms with Gasteiger partial charge in [-0.15, -0.1) is 0 Å². The van der Waals surface area contributed by atoms with Crippen LogP contribution in [0.15, 0.2) is 35.1 Å². The average Bonchev–Trinajstić information content (AvgIpc) is 2.60. The van der Waals surface area contributed by atoms with Gasteiger partial charge >= 0.3 is 0 Å². The second-order valence-electron chi connectivity index (χ2n) is 4.04. The lowest BCUT2D eigenvalue weighted by Crippen LogP contribution is -2.13. The largest absolute Gasteiger partial charge is 0.295 e. The van der Waals surface area contributed by atoms with Crippen LogP contribution in [0.25, 0.3) is 5.69 Å². The van der Waals surface area contributed by atoms with Crippen molar-refractivity contribution < 1.29 is 0 Å². The van der Waals surface area contributed by atoms with Gasteiger partial charge in [0.2, 0.25) is 0 Å². The summed E-state index contributed by atoms with van der Waals surface area (Å²) in [6.45, 7) is 4.12. The molecule has 0 atom stereocenters. The molecule has 0 aliphatic rings. The Bertz CT molecular complexity index is 537. The molecule has 0 radical (unpaired) electrons. The van der Waals surface area contributed by atoms with Gasteiger partial charge in [-0.1, -0.05) is 25.5 Å². The second-order valence-corrected chi connectivity index (χ2v) is 4.04. The molecule has 0 bridgehead atoms. The minimum Gasteiger partial charge on any atom is -0.295 e. The lowest BCUT2D eigenvalue weighted by Gasteiger charge is -2.02. The molecular weight excluding hydrogens is 200 g/mol. The van der Waals surface area contributed by atoms with E-state index in [1.54, 1.807) is 10.7 Å². The molecule has 1 N–H and O–H groups in total. The topological polar surface area (TPSA) is 37.8 Å². The van der Waals surface area contributed by atoms with Crippen molar-refractivity contribution in [1.29, 1.82) is 0 Å². The summed E-state index contributed by atoms with van der Waals surface area (Å²) in [4.78, 5) is 11.8. The van der Waals surface area contributed by atoms with E-state index in [1.165, 1.54) is 0 Å². The number of rotatable bonds is 3. The first-order valence-corrected chi connectivity index (χ1v) is 5.58. The molecule has 16 heavy (non-hydrogen) atoms. The second kappa shape index (κ2) is 4.39. The van der Waals surface area contributed by atoms with Crippen molar-refractivity contribution in [3.63, 3.8) is 0 Å². The van der Waals surface area contributed by atoms with E-state index in [2.05, 4.69) is 12.0 Å². The third-order valence-corrected chi connectivity index (χ3v) is 2.55. The molecule has 0 unspecified atom stereocenters. The van der Waals surface area contributed by atoms with Gasteiger partial charge in [0.1, 0.15) is 0 Å². The zero-order valence-corrected chi connectivity index (χ0v) is 9.66. The van der Waals surface area contributed by atoms with E-state index in [4.69, 9.17) is 0 Å². The van der Waals surface area contributed by atoms with Crippen LogP contribution in [-0.4, -0.2) is 9.78 Å². The van der Waals surface area contributed by atoms with Gasteiger partial charge in [0.05, 0.1) is 5.69 Å². The van der Waals surface area contributed by atoms with Gasteiger partial charge in [-0.3, -0.25) is 9.89 Å². The average molecular weight is 216 g/mol. The van der Waals surface area contributed by atoms with Gasteiger partial charge in [0.25, 0.3) is 5.56 Å². The van der Waals surface area contributed by atoms with Crippen LogP contribution in [0.2, 0.25) is 0 Å². The lowest BCUT2D eigenvalue weighted by atomic mass is 10.2. The highest BCUT2D eigenvalue weighted by Crippen LogP contribution is 2.07. The maximum atomic E-state index is 11.8. The normalized spacial score (nSPS) is 10.6. The fraction of sp³-hybridized carbons (Fsp3) is 0.308. The van der Waals surface area contributed by atoms with Gasteiger partial charge in [-0.2, -0.15) is 0 Å². The predicted octanol–water partition coefficient (Wildman–Crippen LogP) is 2.43. The summed E-state index contributed by atoms with van der Waals surface area (Å²) in [5.74, 6) is 0. The summed E-state index contributed by atoms with van der Waals surface area (Å²) in [7, 11) is 0. The highest BCUT2D eigenvalue weighted by molar-refractivity contribution is 5.34. The van der Waals surface area contributed by atoms with Crippen LogP contribution in [0.5, 0.6) is 0 Å². The molecule has 0 saturated heterocycles. The van der Waals surface area contributed by atoms with Gasteiger partial charge in [-0.05, 0) is 31.0 Å². The molecule has 84 valence electrons. The summed E-state index contributed by atoms with van der Waals surface area (Å²) >= 11 is 0. The quantitative estimate of drug-likeness (QED) is 0.840. The molecule has 2 aromatic rings. The molecule has 0 aliphatic carbocycles. The number of aromatic nitrogens is 2. The zero-order chi connectivity index (χ0) is 11.5. The van der Waals surface area contributed by atoms with E-state index in [1.807, 2.05) is 31.2 Å². The van der Waals surface area contributed by atoms with Crippen molar-refractivity contribution in [1.82, 2.24) is 9.78 Å². The SMILES string of the molecule is CCCc1cc(=O)n(-c2cccc(C)c2)[nH]1. The Hall–Kier alpha value is -1.77. The third kappa shape index (κ3) is 2.08. The first-order valence-electron chi connectivity index (χ1n) is 5.58. The van der Waals surface area contributed by atoms with E-state index >= 15 is 0 Å². The monoisotopic (exact) mass is 216 g/mol. The molecule has 0 amide bonds. The molecular formula is C13H16N2O. The van der Waals surface area contributed by atoms with Gasteiger partial charge in [0.15, 0.2) is 0 Å². The van der Waals surface area contributed by atoms with Gasteiger partial charge in [-0.25, -0.2) is 4.68 Å². The molecule has 1 aromatic heterocycles. The summed E-state index contributed by atoms with van der Waals surface area (Å²) in [6.07, 6.45) is 1.95. The van der Waals surface area contributed by atoms with Crippen molar-refractivity contribution in [2.75, 3.05) is 0 Å². The Balaban J connectivity index is 2.44. The number of benzene rings is 1. The minimum absolute atomic E-state index is 0.00838. The number of H-pyrrole nitrogens is 1. The number of nitrogens with one attached hydrogen (secondary N) is 1. The maximum absolute atomic E-state index is 11.8. The summed E-state index contributed by atoms with van der Waals surface area (Å²) in [5, 5.41) is 3.13. The first-order chi connectivity index (χ1) is 7.70. The molecule has 0 saturated carbocycles. The molecule has 2 rings (SSSR count). The first kappa shape index (κ1) is 10.7. The van der Waals surface area contributed by atoms with E-state index < -0.39 is 0 Å². The molecule has 1 aromatic carbocycles. The van der Waals surface area contributed by atoms with E-state index in [9.17, 15) is 4.79 Å². The molecule has 1 heterocycles. The standard InChI is InChI=1S/C13H16N2O/c1-3-5-11-9-13(16)15(14-11)12-7-4-6-10(2)8-12/h4,6-9,14H,3,5H2,1-2H3. The molecule has 0 spiro atoms. The lowest BCUT2D eigenvalue weighted by molar-refractivity contribution is 0.793. The smallest absolute Gasteiger partial charge is 0.271 e. The third-order valence-electron chi connectivity index (χ3n) is 2.55. The van der Waals surface area contributed by atoms with Crippen molar-refractivity contribution in [3.8, 4) is 5.69 Å². The van der Waals surface area contributed by atoms with Crippen LogP contribution in [-0.2, 0) is 6.42 Å². The van der Waals surface area contributed by atoms with Crippen LogP contribution >= 0.6 is 0 Å². The van der Waals surface area contributed by atoms with Crippen molar-refractivity contribution in [2.45, 2.75) is 26.7 Å². The van der Waals surface area contributed by atoms with Gasteiger partial charge < -0.3 is 0 Å². The number of nitrogens with zero attached hydrogens (tertiary/aromatic N) is 1. The fourth-order valence-corrected chi connectivity index (χ4v) is 1.80. The van der Waals surface area contributed by atoms with Gasteiger partial charge in [0, 0.05) is 11.8 Å². The molecule has 0 aliphatic heterocycles. The number of aromatic amines is 1. The maximum Gasteiger partial charge on any atom is 0.271 e. The number of aryl methyl sites for hydroxylation is 2. The Morgan fingerprint density at radius 1 is 1.31 bits per heavy atom. The van der Waals surface area contributed by atoms with Crippen molar-refractivity contribution in [3.05, 3.63) is 51.9 Å². The van der Waals surface area contributed by atoms with Crippen LogP contribution in [0.1, 0.15) is 24.6 Å². The molecule has 3 nitrogen and oxygen atoms in total. The summed E-state index contributed by atoms with van der Waals surface area (Å²) in [5.41, 5.74) is 3.05. The Morgan fingerprint density at radius 2 is 2.12 bits per heavy atom. The molecule has 3 heteroatoms. The van der Waals surface area contributed by atoms with Crippen LogP contribution < -0.4 is 5.56 Å². The highest BCUT2D eigenvalue weighted by Gasteiger charge is 2.04. The summed E-state index contributed by atoms with van der Waals surface area (Å²) in [6, 6.07) is 9.57. The summed E-state index contributed by atoms with van der Waals surface area (Å²) < 4.78 is 1.60. The van der Waals surface area contributed by atoms with Crippen molar-refractivity contribution >= 4 is 0 Å². The predicted molar refractivity (Wildman–Crippen MR) is 65.1 cm³/mol. The van der Waals surface area contributed by atoms with Crippen LogP contribution in [0.3, 0.4) is 0 Å². The number of hydrogen-bond donors (Lipinski definition) is 1. The van der Waals surface area contributed by atoms with Crippen molar-refractivity contribution in [2.24, 2.45) is 0 Å². The number of hydrogen-bond acceptors (Lipinski definition) is 1. The molecule has 0 fully saturated rings. The fourth-order valence-electron chi connectivity index (χ4n) is 1.80. The Morgan fingerprint density at radius 3 is 2.81 bits per heavy atom. The van der Waals surface area contributed by atoms with E-state index in [0.717, 1.165) is 29.8 Å². The Labute approximate surface area is 94.7 Å².